The first-order valence-corrected chi connectivity index (χ1v) is 4.44. The summed E-state index contributed by atoms with van der Waals surface area (Å²) in [5.41, 5.74) is 0. The summed E-state index contributed by atoms with van der Waals surface area (Å²) in [7, 11) is 0. The van der Waals surface area contributed by atoms with Crippen molar-refractivity contribution in [3.05, 3.63) is 0 Å². The molecule has 0 aliphatic heterocycles. The number of hydrogen-bond donors (Lipinski definition) is 1. The standard InChI is InChI=1S/C10H15NO/c1-3-4-10(12)11-7-8(2)9-5-6-9/h8-9H,5-7H2,1-2H3,(H,11,12). The lowest BCUT2D eigenvalue weighted by Crippen LogP contribution is -2.27. The number of carbonyl (C=O) groups is 1. The van der Waals surface area contributed by atoms with Crippen LogP contribution in [0.5, 0.6) is 0 Å². The van der Waals surface area contributed by atoms with Crippen LogP contribution in [0, 0.1) is 23.7 Å². The van der Waals surface area contributed by atoms with Crippen LogP contribution in [0.25, 0.3) is 0 Å². The van der Waals surface area contributed by atoms with E-state index in [0.29, 0.717) is 5.92 Å². The Bertz CT molecular complexity index is 220. The van der Waals surface area contributed by atoms with Gasteiger partial charge in [0, 0.05) is 6.54 Å². The highest BCUT2D eigenvalue weighted by Gasteiger charge is 2.27. The Morgan fingerprint density at radius 2 is 2.33 bits per heavy atom. The van der Waals surface area contributed by atoms with E-state index in [-0.39, 0.29) is 5.91 Å². The van der Waals surface area contributed by atoms with Crippen molar-refractivity contribution in [3.63, 3.8) is 0 Å². The monoisotopic (exact) mass is 165 g/mol. The zero-order chi connectivity index (χ0) is 8.97. The maximum Gasteiger partial charge on any atom is 0.295 e. The molecule has 1 saturated carbocycles. The summed E-state index contributed by atoms with van der Waals surface area (Å²) in [4.78, 5) is 10.9. The van der Waals surface area contributed by atoms with Crippen LogP contribution < -0.4 is 5.32 Å². The lowest BCUT2D eigenvalue weighted by atomic mass is 10.1. The van der Waals surface area contributed by atoms with Gasteiger partial charge in [-0.15, -0.1) is 0 Å². The Balaban J connectivity index is 2.14. The second-order valence-electron chi connectivity index (χ2n) is 3.40. The molecule has 1 aliphatic rings. The summed E-state index contributed by atoms with van der Waals surface area (Å²) < 4.78 is 0. The van der Waals surface area contributed by atoms with Gasteiger partial charge in [-0.1, -0.05) is 12.8 Å². The maximum absolute atomic E-state index is 10.9. The topological polar surface area (TPSA) is 29.1 Å². The maximum atomic E-state index is 10.9. The van der Waals surface area contributed by atoms with Crippen LogP contribution in [-0.4, -0.2) is 12.5 Å². The Labute approximate surface area is 73.7 Å². The fraction of sp³-hybridized carbons (Fsp3) is 0.700. The van der Waals surface area contributed by atoms with E-state index < -0.39 is 0 Å². The van der Waals surface area contributed by atoms with Gasteiger partial charge in [0.25, 0.3) is 5.91 Å². The molecular weight excluding hydrogens is 150 g/mol. The lowest BCUT2D eigenvalue weighted by molar-refractivity contribution is -0.115. The van der Waals surface area contributed by atoms with Gasteiger partial charge in [0.2, 0.25) is 0 Å². The predicted octanol–water partition coefficient (Wildman–Crippen LogP) is 1.17. The Morgan fingerprint density at radius 1 is 1.67 bits per heavy atom. The molecule has 1 atom stereocenters. The van der Waals surface area contributed by atoms with Gasteiger partial charge in [0.05, 0.1) is 0 Å². The van der Waals surface area contributed by atoms with E-state index in [0.717, 1.165) is 12.5 Å². The minimum Gasteiger partial charge on any atom is -0.345 e. The first-order chi connectivity index (χ1) is 5.74. The minimum absolute atomic E-state index is 0.148. The molecule has 1 fully saturated rings. The molecule has 1 rings (SSSR count). The van der Waals surface area contributed by atoms with E-state index in [1.54, 1.807) is 6.92 Å². The number of carbonyl (C=O) groups excluding carboxylic acids is 1. The molecule has 0 saturated heterocycles. The van der Waals surface area contributed by atoms with Crippen LogP contribution in [0.4, 0.5) is 0 Å². The highest BCUT2D eigenvalue weighted by atomic mass is 16.1. The largest absolute Gasteiger partial charge is 0.345 e. The molecule has 0 aromatic rings. The Hall–Kier alpha value is -0.970. The summed E-state index contributed by atoms with van der Waals surface area (Å²) in [6.07, 6.45) is 2.66. The van der Waals surface area contributed by atoms with E-state index in [9.17, 15) is 4.79 Å². The van der Waals surface area contributed by atoms with Crippen molar-refractivity contribution in [2.75, 3.05) is 6.54 Å². The summed E-state index contributed by atoms with van der Waals surface area (Å²) in [6.45, 7) is 4.62. The molecule has 2 heteroatoms. The summed E-state index contributed by atoms with van der Waals surface area (Å²) in [5, 5.41) is 2.79. The van der Waals surface area contributed by atoms with E-state index >= 15 is 0 Å². The quantitative estimate of drug-likeness (QED) is 0.625. The number of rotatable bonds is 3. The van der Waals surface area contributed by atoms with Gasteiger partial charge < -0.3 is 5.32 Å². The molecule has 0 bridgehead atoms. The molecule has 0 aromatic heterocycles. The van der Waals surface area contributed by atoms with Gasteiger partial charge in [-0.3, -0.25) is 4.79 Å². The van der Waals surface area contributed by atoms with Crippen LogP contribution in [-0.2, 0) is 4.79 Å². The highest BCUT2D eigenvalue weighted by Crippen LogP contribution is 2.35. The van der Waals surface area contributed by atoms with Crippen molar-refractivity contribution in [1.82, 2.24) is 5.32 Å². The molecule has 0 aromatic carbocycles. The number of amides is 1. The van der Waals surface area contributed by atoms with Gasteiger partial charge in [0.15, 0.2) is 0 Å². The van der Waals surface area contributed by atoms with E-state index in [4.69, 9.17) is 0 Å². The van der Waals surface area contributed by atoms with Crippen LogP contribution in [0.2, 0.25) is 0 Å². The third-order valence-electron chi connectivity index (χ3n) is 2.25. The summed E-state index contributed by atoms with van der Waals surface area (Å²) >= 11 is 0. The van der Waals surface area contributed by atoms with Crippen LogP contribution in [0.1, 0.15) is 26.7 Å². The van der Waals surface area contributed by atoms with Crippen molar-refractivity contribution >= 4 is 5.91 Å². The molecule has 66 valence electrons. The number of hydrogen-bond acceptors (Lipinski definition) is 1. The second kappa shape index (κ2) is 4.15. The van der Waals surface area contributed by atoms with Crippen molar-refractivity contribution in [2.45, 2.75) is 26.7 Å². The first kappa shape index (κ1) is 9.12. The first-order valence-electron chi connectivity index (χ1n) is 4.44. The molecule has 1 amide bonds. The molecule has 2 nitrogen and oxygen atoms in total. The SMILES string of the molecule is CC#CC(=O)NCC(C)C1CC1. The Kier molecular flexibility index (Phi) is 3.16. The van der Waals surface area contributed by atoms with Crippen molar-refractivity contribution < 1.29 is 4.79 Å². The van der Waals surface area contributed by atoms with Crippen molar-refractivity contribution in [1.29, 1.82) is 0 Å². The molecule has 0 heterocycles. The van der Waals surface area contributed by atoms with E-state index in [1.165, 1.54) is 12.8 Å². The average molecular weight is 165 g/mol. The van der Waals surface area contributed by atoms with E-state index in [1.807, 2.05) is 0 Å². The predicted molar refractivity (Wildman–Crippen MR) is 48.3 cm³/mol. The van der Waals surface area contributed by atoms with Crippen molar-refractivity contribution in [3.8, 4) is 11.8 Å². The Morgan fingerprint density at radius 3 is 2.83 bits per heavy atom. The van der Waals surface area contributed by atoms with Gasteiger partial charge in [-0.2, -0.15) is 0 Å². The summed E-state index contributed by atoms with van der Waals surface area (Å²) in [5.74, 6) is 6.35. The third kappa shape index (κ3) is 2.96. The smallest absolute Gasteiger partial charge is 0.295 e. The van der Waals surface area contributed by atoms with Crippen LogP contribution in [0.3, 0.4) is 0 Å². The molecule has 1 aliphatic carbocycles. The second-order valence-corrected chi connectivity index (χ2v) is 3.40. The molecule has 1 unspecified atom stereocenters. The fourth-order valence-corrected chi connectivity index (χ4v) is 1.24. The van der Waals surface area contributed by atoms with Crippen LogP contribution in [0.15, 0.2) is 0 Å². The molecule has 1 N–H and O–H groups in total. The molecule has 0 spiro atoms. The molecule has 12 heavy (non-hydrogen) atoms. The van der Waals surface area contributed by atoms with Crippen molar-refractivity contribution in [2.24, 2.45) is 11.8 Å². The number of nitrogens with one attached hydrogen (secondary N) is 1. The molecular formula is C10H15NO. The average Bonchev–Trinajstić information content (AvgIpc) is 2.83. The van der Waals surface area contributed by atoms with E-state index in [2.05, 4.69) is 24.1 Å². The zero-order valence-corrected chi connectivity index (χ0v) is 7.68. The van der Waals surface area contributed by atoms with Gasteiger partial charge in [-0.25, -0.2) is 0 Å². The van der Waals surface area contributed by atoms with Crippen LogP contribution >= 0.6 is 0 Å². The zero-order valence-electron chi connectivity index (χ0n) is 7.68. The van der Waals surface area contributed by atoms with Gasteiger partial charge >= 0.3 is 0 Å². The fourth-order valence-electron chi connectivity index (χ4n) is 1.24. The van der Waals surface area contributed by atoms with Gasteiger partial charge in [0.1, 0.15) is 0 Å². The molecule has 0 radical (unpaired) electrons. The highest BCUT2D eigenvalue weighted by molar-refractivity contribution is 5.93. The lowest BCUT2D eigenvalue weighted by Gasteiger charge is -2.08. The minimum atomic E-state index is -0.148. The third-order valence-corrected chi connectivity index (χ3v) is 2.25. The summed E-state index contributed by atoms with van der Waals surface area (Å²) in [6, 6.07) is 0. The normalized spacial score (nSPS) is 17.5. The van der Waals surface area contributed by atoms with Gasteiger partial charge in [-0.05, 0) is 37.5 Å².